The number of hydrogen-bond donors (Lipinski definition) is 0. The third-order valence-electron chi connectivity index (χ3n) is 1.08. The monoisotopic (exact) mass is 186 g/mol. The Bertz CT molecular complexity index is 196. The van der Waals surface area contributed by atoms with Crippen molar-refractivity contribution in [2.75, 3.05) is 6.61 Å². The van der Waals surface area contributed by atoms with Gasteiger partial charge in [-0.15, -0.1) is 0 Å². The van der Waals surface area contributed by atoms with E-state index in [4.69, 9.17) is 4.74 Å². The van der Waals surface area contributed by atoms with Crippen LogP contribution in [0.25, 0.3) is 0 Å². The van der Waals surface area contributed by atoms with Gasteiger partial charge in [0.15, 0.2) is 0 Å². The molecule has 0 bridgehead atoms. The molecule has 4 nitrogen and oxygen atoms in total. The first kappa shape index (κ1) is 11.6. The fraction of sp³-hybridized carbons (Fsp3) is 0.444. The molecule has 0 aromatic heterocycles. The molecule has 0 aromatic rings. The molecule has 0 aliphatic heterocycles. The van der Waals surface area contributed by atoms with Gasteiger partial charge in [-0.1, -0.05) is 13.5 Å². The highest BCUT2D eigenvalue weighted by Crippen LogP contribution is 2.02. The quantitative estimate of drug-likeness (QED) is 0.275. The van der Waals surface area contributed by atoms with Crippen molar-refractivity contribution in [3.05, 3.63) is 24.7 Å². The number of rotatable bonds is 6. The molecule has 0 saturated heterocycles. The molecule has 0 saturated carbocycles. The Kier molecular flexibility index (Phi) is 6.41. The lowest BCUT2D eigenvalue weighted by Gasteiger charge is -2.05. The minimum Gasteiger partial charge on any atom is -0.487 e. The van der Waals surface area contributed by atoms with Crippen LogP contribution in [0.5, 0.6) is 0 Å². The molecule has 4 heteroatoms. The van der Waals surface area contributed by atoms with Crippen molar-refractivity contribution in [3.63, 3.8) is 0 Å². The lowest BCUT2D eigenvalue weighted by Crippen LogP contribution is -2.09. The fourth-order valence-electron chi connectivity index (χ4n) is 0.661. The average Bonchev–Trinajstić information content (AvgIpc) is 2.14. The Morgan fingerprint density at radius 2 is 2.15 bits per heavy atom. The van der Waals surface area contributed by atoms with E-state index in [2.05, 4.69) is 16.4 Å². The van der Waals surface area contributed by atoms with Gasteiger partial charge >= 0.3 is 5.97 Å². The molecule has 0 atom stereocenters. The largest absolute Gasteiger partial charge is 0.487 e. The van der Waals surface area contributed by atoms with Crippen LogP contribution in [0.1, 0.15) is 20.3 Å². The minimum atomic E-state index is -0.649. The summed E-state index contributed by atoms with van der Waals surface area (Å²) in [5.74, 6) is -0.490. The summed E-state index contributed by atoms with van der Waals surface area (Å²) in [6, 6.07) is 0. The molecule has 0 aliphatic rings. The second kappa shape index (κ2) is 7.21. The van der Waals surface area contributed by atoms with Gasteiger partial charge in [0.1, 0.15) is 6.26 Å². The van der Waals surface area contributed by atoms with Crippen LogP contribution in [0.3, 0.4) is 0 Å². The van der Waals surface area contributed by atoms with E-state index in [0.717, 1.165) is 6.26 Å². The maximum Gasteiger partial charge on any atom is 0.419 e. The zero-order valence-electron chi connectivity index (χ0n) is 7.91. The summed E-state index contributed by atoms with van der Waals surface area (Å²) in [6.45, 7) is 7.31. The van der Waals surface area contributed by atoms with E-state index in [1.807, 2.05) is 6.92 Å². The molecule has 0 heterocycles. The van der Waals surface area contributed by atoms with Crippen molar-refractivity contribution in [2.45, 2.75) is 20.3 Å². The van der Waals surface area contributed by atoms with Gasteiger partial charge in [0.25, 0.3) is 0 Å². The molecule has 0 amide bonds. The van der Waals surface area contributed by atoms with Crippen LogP contribution in [0.15, 0.2) is 24.7 Å². The Morgan fingerprint density at radius 3 is 2.62 bits per heavy atom. The summed E-state index contributed by atoms with van der Waals surface area (Å²) in [6.07, 6.45) is 3.34. The summed E-state index contributed by atoms with van der Waals surface area (Å²) in [5.41, 5.74) is 0. The zero-order chi connectivity index (χ0) is 10.1. The normalized spacial score (nSPS) is 10.5. The highest BCUT2D eigenvalue weighted by Gasteiger charge is 2.12. The van der Waals surface area contributed by atoms with Gasteiger partial charge in [-0.05, 0) is 19.4 Å². The molecule has 0 N–H and O–H groups in total. The molecular weight excluding hydrogens is 172 g/mol. The van der Waals surface area contributed by atoms with E-state index in [9.17, 15) is 4.79 Å². The minimum absolute atomic E-state index is 0.159. The molecule has 0 unspecified atom stereocenters. The lowest BCUT2D eigenvalue weighted by atomic mass is 10.4. The van der Waals surface area contributed by atoms with Gasteiger partial charge in [-0.2, -0.15) is 0 Å². The van der Waals surface area contributed by atoms with E-state index in [1.54, 1.807) is 13.0 Å². The van der Waals surface area contributed by atoms with Crippen molar-refractivity contribution in [3.8, 4) is 0 Å². The number of allylic oxidation sites excluding steroid dienone is 1. The van der Waals surface area contributed by atoms with Crippen LogP contribution < -0.4 is 0 Å². The zero-order valence-corrected chi connectivity index (χ0v) is 7.91. The van der Waals surface area contributed by atoms with E-state index >= 15 is 0 Å². The first-order valence-corrected chi connectivity index (χ1v) is 4.07. The molecule has 0 aliphatic carbocycles. The lowest BCUT2D eigenvalue weighted by molar-refractivity contribution is -0.236. The number of ether oxygens (including phenoxy) is 1. The first-order chi connectivity index (χ1) is 6.26. The second-order valence-electron chi connectivity index (χ2n) is 2.04. The average molecular weight is 186 g/mol. The number of carbonyl (C=O) groups excluding carboxylic acids is 1. The van der Waals surface area contributed by atoms with Gasteiger partial charge in [-0.3, -0.25) is 4.89 Å². The Morgan fingerprint density at radius 1 is 1.46 bits per heavy atom. The molecule has 0 spiro atoms. The van der Waals surface area contributed by atoms with Crippen molar-refractivity contribution in [1.82, 2.24) is 0 Å². The van der Waals surface area contributed by atoms with E-state index in [1.165, 1.54) is 0 Å². The second-order valence-corrected chi connectivity index (χ2v) is 2.04. The maximum absolute atomic E-state index is 11.1. The van der Waals surface area contributed by atoms with Gasteiger partial charge in [0, 0.05) is 0 Å². The molecule has 0 radical (unpaired) electrons. The van der Waals surface area contributed by atoms with E-state index in [0.29, 0.717) is 13.0 Å². The maximum atomic E-state index is 11.1. The smallest absolute Gasteiger partial charge is 0.419 e. The summed E-state index contributed by atoms with van der Waals surface area (Å²) in [7, 11) is 0. The highest BCUT2D eigenvalue weighted by molar-refractivity contribution is 5.85. The third kappa shape index (κ3) is 4.90. The van der Waals surface area contributed by atoms with Crippen LogP contribution >= 0.6 is 0 Å². The first-order valence-electron chi connectivity index (χ1n) is 4.07. The third-order valence-corrected chi connectivity index (χ3v) is 1.08. The van der Waals surface area contributed by atoms with Gasteiger partial charge < -0.3 is 4.74 Å². The molecule has 74 valence electrons. The SMILES string of the molecule is C=COOC(=O)C(=CCC)OCC. The van der Waals surface area contributed by atoms with E-state index in [-0.39, 0.29) is 5.76 Å². The molecule has 0 aromatic carbocycles. The summed E-state index contributed by atoms with van der Waals surface area (Å²) in [4.78, 5) is 19.7. The topological polar surface area (TPSA) is 44.8 Å². The van der Waals surface area contributed by atoms with Gasteiger partial charge in [0.05, 0.1) is 6.61 Å². The van der Waals surface area contributed by atoms with Crippen LogP contribution in [0.4, 0.5) is 0 Å². The van der Waals surface area contributed by atoms with Gasteiger partial charge in [-0.25, -0.2) is 9.68 Å². The molecular formula is C9H14O4. The standard InChI is InChI=1S/C9H14O4/c1-4-7-8(11-5-2)9(10)13-12-6-3/h6-7H,3-5H2,1-2H3. The number of carbonyl (C=O) groups is 1. The molecule has 0 rings (SSSR count). The van der Waals surface area contributed by atoms with Crippen LogP contribution in [-0.2, 0) is 19.3 Å². The summed E-state index contributed by atoms with van der Waals surface area (Å²) >= 11 is 0. The molecule has 13 heavy (non-hydrogen) atoms. The predicted molar refractivity (Wildman–Crippen MR) is 47.4 cm³/mol. The van der Waals surface area contributed by atoms with Crippen LogP contribution in [0, 0.1) is 0 Å². The predicted octanol–water partition coefficient (Wildman–Crippen LogP) is 1.94. The van der Waals surface area contributed by atoms with E-state index < -0.39 is 5.97 Å². The van der Waals surface area contributed by atoms with Crippen LogP contribution in [-0.4, -0.2) is 12.6 Å². The molecule has 0 fully saturated rings. The van der Waals surface area contributed by atoms with Crippen molar-refractivity contribution in [1.29, 1.82) is 0 Å². The summed E-state index contributed by atoms with van der Waals surface area (Å²) in [5, 5.41) is 0. The number of hydrogen-bond acceptors (Lipinski definition) is 4. The van der Waals surface area contributed by atoms with Gasteiger partial charge in [0.2, 0.25) is 5.76 Å². The summed E-state index contributed by atoms with van der Waals surface area (Å²) < 4.78 is 5.01. The Labute approximate surface area is 77.7 Å². The van der Waals surface area contributed by atoms with Crippen molar-refractivity contribution < 1.29 is 19.3 Å². The van der Waals surface area contributed by atoms with Crippen molar-refractivity contribution >= 4 is 5.97 Å². The van der Waals surface area contributed by atoms with Crippen LogP contribution in [0.2, 0.25) is 0 Å². The van der Waals surface area contributed by atoms with Crippen molar-refractivity contribution in [2.24, 2.45) is 0 Å². The Hall–Kier alpha value is -1.45. The Balaban J connectivity index is 4.11. The fourth-order valence-corrected chi connectivity index (χ4v) is 0.661. The highest BCUT2D eigenvalue weighted by atomic mass is 17.2.